The number of ether oxygens (including phenoxy) is 2. The van der Waals surface area contributed by atoms with Gasteiger partial charge in [0.1, 0.15) is 12.7 Å². The van der Waals surface area contributed by atoms with Gasteiger partial charge in [0.05, 0.1) is 0 Å². The number of rotatable bonds is 2. The summed E-state index contributed by atoms with van der Waals surface area (Å²) in [6.07, 6.45) is 3.37. The van der Waals surface area contributed by atoms with Crippen LogP contribution in [-0.2, 0) is 19.1 Å². The van der Waals surface area contributed by atoms with Crippen molar-refractivity contribution in [2.24, 2.45) is 0 Å². The maximum atomic E-state index is 10.7. The van der Waals surface area contributed by atoms with Gasteiger partial charge in [-0.3, -0.25) is 4.79 Å². The van der Waals surface area contributed by atoms with Crippen LogP contribution in [0.4, 0.5) is 0 Å². The molecule has 0 spiro atoms. The molecule has 0 saturated carbocycles. The van der Waals surface area contributed by atoms with Crippen LogP contribution in [0.1, 0.15) is 13.3 Å². The van der Waals surface area contributed by atoms with E-state index in [1.54, 1.807) is 6.08 Å². The zero-order chi connectivity index (χ0) is 8.97. The molecule has 66 valence electrons. The molecule has 0 fully saturated rings. The molecule has 1 aliphatic heterocycles. The summed E-state index contributed by atoms with van der Waals surface area (Å²) >= 11 is 0. The molecule has 0 unspecified atom stereocenters. The van der Waals surface area contributed by atoms with Crippen molar-refractivity contribution < 1.29 is 19.1 Å². The molecule has 12 heavy (non-hydrogen) atoms. The van der Waals surface area contributed by atoms with Crippen LogP contribution in [0, 0.1) is 0 Å². The van der Waals surface area contributed by atoms with E-state index in [-0.39, 0.29) is 24.6 Å². The first-order chi connectivity index (χ1) is 5.68. The summed E-state index contributed by atoms with van der Waals surface area (Å²) in [5.74, 6) is -0.737. The van der Waals surface area contributed by atoms with Crippen LogP contribution < -0.4 is 0 Å². The molecular weight excluding hydrogens is 160 g/mol. The molecule has 1 rings (SSSR count). The predicted octanol–water partition coefficient (Wildman–Crippen LogP) is 0.421. The average molecular weight is 170 g/mol. The van der Waals surface area contributed by atoms with Gasteiger partial charge in [-0.2, -0.15) is 0 Å². The van der Waals surface area contributed by atoms with Crippen molar-refractivity contribution in [3.05, 3.63) is 12.2 Å². The molecule has 0 bridgehead atoms. The van der Waals surface area contributed by atoms with E-state index >= 15 is 0 Å². The van der Waals surface area contributed by atoms with Crippen molar-refractivity contribution in [3.63, 3.8) is 0 Å². The average Bonchev–Trinajstić information content (AvgIpc) is 2.01. The van der Waals surface area contributed by atoms with Crippen molar-refractivity contribution in [1.82, 2.24) is 0 Å². The molecule has 1 aliphatic rings. The smallest absolute Gasteiger partial charge is 0.330 e. The van der Waals surface area contributed by atoms with Crippen LogP contribution >= 0.6 is 0 Å². The number of hydrogen-bond donors (Lipinski definition) is 0. The number of hydrogen-bond acceptors (Lipinski definition) is 4. The van der Waals surface area contributed by atoms with Gasteiger partial charge >= 0.3 is 11.9 Å². The van der Waals surface area contributed by atoms with Crippen molar-refractivity contribution >= 4 is 11.9 Å². The van der Waals surface area contributed by atoms with Crippen LogP contribution in [0.3, 0.4) is 0 Å². The highest BCUT2D eigenvalue weighted by atomic mass is 16.6. The second-order valence-electron chi connectivity index (χ2n) is 2.50. The van der Waals surface area contributed by atoms with E-state index in [1.807, 2.05) is 0 Å². The molecule has 0 amide bonds. The lowest BCUT2D eigenvalue weighted by molar-refractivity contribution is -0.154. The van der Waals surface area contributed by atoms with Gasteiger partial charge in [0.2, 0.25) is 0 Å². The Morgan fingerprint density at radius 1 is 1.83 bits per heavy atom. The summed E-state index contributed by atoms with van der Waals surface area (Å²) < 4.78 is 9.51. The lowest BCUT2D eigenvalue weighted by atomic mass is 10.2. The van der Waals surface area contributed by atoms with Gasteiger partial charge in [-0.15, -0.1) is 0 Å². The van der Waals surface area contributed by atoms with Gasteiger partial charge in [-0.05, 0) is 0 Å². The SMILES string of the molecule is CC(=O)OC[C@H]1CC=CC(=O)O1. The van der Waals surface area contributed by atoms with Crippen LogP contribution in [0.25, 0.3) is 0 Å². The van der Waals surface area contributed by atoms with E-state index in [0.29, 0.717) is 6.42 Å². The predicted molar refractivity (Wildman–Crippen MR) is 40.3 cm³/mol. The first-order valence-corrected chi connectivity index (χ1v) is 3.69. The minimum Gasteiger partial charge on any atom is -0.462 e. The molecule has 4 nitrogen and oxygen atoms in total. The van der Waals surface area contributed by atoms with E-state index in [9.17, 15) is 9.59 Å². The molecule has 0 N–H and O–H groups in total. The molecule has 0 aromatic heterocycles. The lowest BCUT2D eigenvalue weighted by Gasteiger charge is -2.17. The molecule has 0 aromatic rings. The Morgan fingerprint density at radius 2 is 2.58 bits per heavy atom. The van der Waals surface area contributed by atoms with E-state index < -0.39 is 0 Å². The zero-order valence-corrected chi connectivity index (χ0v) is 6.78. The second kappa shape index (κ2) is 3.90. The summed E-state index contributed by atoms with van der Waals surface area (Å²) in [7, 11) is 0. The standard InChI is InChI=1S/C8H10O4/c1-6(9)11-5-7-3-2-4-8(10)12-7/h2,4,7H,3,5H2,1H3/t7-/m1/s1. The van der Waals surface area contributed by atoms with Gasteiger partial charge in [0.25, 0.3) is 0 Å². The first kappa shape index (κ1) is 8.77. The largest absolute Gasteiger partial charge is 0.462 e. The Morgan fingerprint density at radius 3 is 3.17 bits per heavy atom. The highest BCUT2D eigenvalue weighted by Crippen LogP contribution is 2.07. The molecule has 1 atom stereocenters. The molecule has 0 saturated heterocycles. The number of carbonyl (C=O) groups is 2. The quantitative estimate of drug-likeness (QED) is 0.563. The Hall–Kier alpha value is -1.32. The fourth-order valence-corrected chi connectivity index (χ4v) is 0.880. The van der Waals surface area contributed by atoms with Gasteiger partial charge in [-0.25, -0.2) is 4.79 Å². The van der Waals surface area contributed by atoms with Crippen molar-refractivity contribution in [1.29, 1.82) is 0 Å². The molecule has 0 radical (unpaired) electrons. The maximum Gasteiger partial charge on any atom is 0.330 e. The molecular formula is C8H10O4. The summed E-state index contributed by atoms with van der Waals surface area (Å²) in [5.41, 5.74) is 0. The van der Waals surface area contributed by atoms with Crippen molar-refractivity contribution in [2.75, 3.05) is 6.61 Å². The number of cyclic esters (lactones) is 1. The molecule has 0 aromatic carbocycles. The first-order valence-electron chi connectivity index (χ1n) is 3.69. The van der Waals surface area contributed by atoms with Crippen LogP contribution in [0.2, 0.25) is 0 Å². The Balaban J connectivity index is 2.30. The van der Waals surface area contributed by atoms with Gasteiger partial charge in [0, 0.05) is 19.4 Å². The van der Waals surface area contributed by atoms with Crippen molar-refractivity contribution in [2.45, 2.75) is 19.4 Å². The van der Waals surface area contributed by atoms with E-state index in [2.05, 4.69) is 4.74 Å². The third-order valence-electron chi connectivity index (χ3n) is 1.41. The van der Waals surface area contributed by atoms with E-state index in [1.165, 1.54) is 13.0 Å². The summed E-state index contributed by atoms with van der Waals surface area (Å²) in [6, 6.07) is 0. The molecule has 4 heteroatoms. The third-order valence-corrected chi connectivity index (χ3v) is 1.41. The van der Waals surface area contributed by atoms with E-state index in [4.69, 9.17) is 4.74 Å². The topological polar surface area (TPSA) is 52.6 Å². The maximum absolute atomic E-state index is 10.7. The van der Waals surface area contributed by atoms with E-state index in [0.717, 1.165) is 0 Å². The number of carbonyl (C=O) groups excluding carboxylic acids is 2. The fraction of sp³-hybridized carbons (Fsp3) is 0.500. The van der Waals surface area contributed by atoms with Crippen LogP contribution in [0.15, 0.2) is 12.2 Å². The summed E-state index contributed by atoms with van der Waals surface area (Å²) in [5, 5.41) is 0. The summed E-state index contributed by atoms with van der Waals surface area (Å²) in [4.78, 5) is 21.1. The Kier molecular flexibility index (Phi) is 2.85. The van der Waals surface area contributed by atoms with Crippen LogP contribution in [-0.4, -0.2) is 24.6 Å². The number of esters is 2. The molecule has 0 aliphatic carbocycles. The fourth-order valence-electron chi connectivity index (χ4n) is 0.880. The minimum atomic E-state index is -0.376. The van der Waals surface area contributed by atoms with Gasteiger partial charge in [0.15, 0.2) is 0 Å². The highest BCUT2D eigenvalue weighted by molar-refractivity contribution is 5.82. The van der Waals surface area contributed by atoms with Gasteiger partial charge < -0.3 is 9.47 Å². The Labute approximate surface area is 70.1 Å². The minimum absolute atomic E-state index is 0.144. The lowest BCUT2D eigenvalue weighted by Crippen LogP contribution is -2.25. The summed E-state index contributed by atoms with van der Waals surface area (Å²) in [6.45, 7) is 1.46. The van der Waals surface area contributed by atoms with Crippen molar-refractivity contribution in [3.8, 4) is 0 Å². The normalized spacial score (nSPS) is 21.8. The molecule has 1 heterocycles. The highest BCUT2D eigenvalue weighted by Gasteiger charge is 2.16. The second-order valence-corrected chi connectivity index (χ2v) is 2.50. The third kappa shape index (κ3) is 2.74. The monoisotopic (exact) mass is 170 g/mol. The Bertz CT molecular complexity index is 219. The van der Waals surface area contributed by atoms with Gasteiger partial charge in [-0.1, -0.05) is 6.08 Å². The van der Waals surface area contributed by atoms with Crippen LogP contribution in [0.5, 0.6) is 0 Å². The zero-order valence-electron chi connectivity index (χ0n) is 6.78.